The number of anilines is 2. The third-order valence-electron chi connectivity index (χ3n) is 2.55. The van der Waals surface area contributed by atoms with E-state index in [9.17, 15) is 0 Å². The topological polar surface area (TPSA) is 52.0 Å². The Morgan fingerprint density at radius 2 is 1.11 bits per heavy atom. The Morgan fingerprint density at radius 3 is 1.44 bits per heavy atom. The Labute approximate surface area is 118 Å². The van der Waals surface area contributed by atoms with E-state index in [2.05, 4.69) is 25.3 Å². The molecule has 4 heteroatoms. The van der Waals surface area contributed by atoms with Gasteiger partial charge in [-0.1, -0.05) is 24.3 Å². The first-order valence-electron chi connectivity index (χ1n) is 5.41. The van der Waals surface area contributed by atoms with Gasteiger partial charge in [0.2, 0.25) is 0 Å². The van der Waals surface area contributed by atoms with Gasteiger partial charge in [-0.25, -0.2) is 0 Å². The lowest BCUT2D eigenvalue weighted by atomic mass is 10.1. The van der Waals surface area contributed by atoms with Crippen LogP contribution in [0.25, 0.3) is 12.2 Å². The Hall–Kier alpha value is -1.52. The lowest BCUT2D eigenvalue weighted by molar-refractivity contribution is 1.42. The van der Waals surface area contributed by atoms with Crippen LogP contribution in [-0.2, 0) is 0 Å². The molecule has 0 radical (unpaired) electrons. The van der Waals surface area contributed by atoms with Crippen LogP contribution in [0, 0.1) is 0 Å². The fourth-order valence-corrected chi connectivity index (χ4v) is 2.18. The van der Waals surface area contributed by atoms with Gasteiger partial charge in [-0.15, -0.1) is 25.3 Å². The summed E-state index contributed by atoms with van der Waals surface area (Å²) < 4.78 is 0. The molecule has 0 atom stereocenters. The summed E-state index contributed by atoms with van der Waals surface area (Å²) in [5, 5.41) is 0. The van der Waals surface area contributed by atoms with E-state index in [-0.39, 0.29) is 0 Å². The van der Waals surface area contributed by atoms with Gasteiger partial charge in [0.15, 0.2) is 0 Å². The van der Waals surface area contributed by atoms with Crippen LogP contribution >= 0.6 is 25.3 Å². The molecule has 0 aromatic heterocycles. The number of hydrogen-bond donors (Lipinski definition) is 4. The van der Waals surface area contributed by atoms with Crippen LogP contribution in [0.2, 0.25) is 0 Å². The van der Waals surface area contributed by atoms with Crippen LogP contribution in [0.1, 0.15) is 11.1 Å². The zero-order valence-corrected chi connectivity index (χ0v) is 11.5. The second kappa shape index (κ2) is 5.42. The highest BCUT2D eigenvalue weighted by atomic mass is 32.1. The summed E-state index contributed by atoms with van der Waals surface area (Å²) in [4.78, 5) is 1.70. The van der Waals surface area contributed by atoms with Gasteiger partial charge in [-0.2, -0.15) is 0 Å². The minimum absolute atomic E-state index is 0.708. The largest absolute Gasteiger partial charge is 0.399 e. The van der Waals surface area contributed by atoms with E-state index in [0.29, 0.717) is 11.4 Å². The normalized spacial score (nSPS) is 11.0. The Kier molecular flexibility index (Phi) is 3.89. The van der Waals surface area contributed by atoms with E-state index in [1.807, 2.05) is 48.6 Å². The number of nitrogen functional groups attached to an aromatic ring is 2. The van der Waals surface area contributed by atoms with Crippen molar-refractivity contribution < 1.29 is 0 Å². The number of nitrogens with two attached hydrogens (primary N) is 2. The van der Waals surface area contributed by atoms with E-state index in [0.717, 1.165) is 20.9 Å². The molecule has 0 heterocycles. The van der Waals surface area contributed by atoms with E-state index in [1.54, 1.807) is 0 Å². The van der Waals surface area contributed by atoms with Crippen molar-refractivity contribution in [2.75, 3.05) is 11.5 Å². The van der Waals surface area contributed by atoms with Gasteiger partial charge in [0.25, 0.3) is 0 Å². The molecule has 0 aliphatic rings. The summed E-state index contributed by atoms with van der Waals surface area (Å²) in [5.74, 6) is 0. The molecule has 0 saturated carbocycles. The first kappa shape index (κ1) is 12.9. The summed E-state index contributed by atoms with van der Waals surface area (Å²) in [6.45, 7) is 0. The molecule has 2 aromatic carbocycles. The van der Waals surface area contributed by atoms with Gasteiger partial charge in [0.05, 0.1) is 0 Å². The lowest BCUT2D eigenvalue weighted by Crippen LogP contribution is -1.86. The molecule has 2 rings (SSSR count). The smallest absolute Gasteiger partial charge is 0.0325 e. The summed E-state index contributed by atoms with van der Waals surface area (Å²) >= 11 is 8.77. The average Bonchev–Trinajstić information content (AvgIpc) is 2.30. The molecule has 2 nitrogen and oxygen atoms in total. The monoisotopic (exact) mass is 274 g/mol. The molecule has 0 aliphatic heterocycles. The first-order valence-corrected chi connectivity index (χ1v) is 6.31. The molecule has 92 valence electrons. The van der Waals surface area contributed by atoms with Gasteiger partial charge in [-0.3, -0.25) is 0 Å². The maximum Gasteiger partial charge on any atom is 0.0325 e. The summed E-state index contributed by atoms with van der Waals surface area (Å²) in [6.07, 6.45) is 3.96. The van der Waals surface area contributed by atoms with Gasteiger partial charge in [0.1, 0.15) is 0 Å². The second-order valence-corrected chi connectivity index (χ2v) is 4.93. The maximum atomic E-state index is 5.68. The predicted octanol–water partition coefficient (Wildman–Crippen LogP) is 3.60. The number of hydrogen-bond acceptors (Lipinski definition) is 4. The molecule has 0 aliphatic carbocycles. The van der Waals surface area contributed by atoms with Crippen LogP contribution in [-0.4, -0.2) is 0 Å². The van der Waals surface area contributed by atoms with E-state index < -0.39 is 0 Å². The summed E-state index contributed by atoms with van der Waals surface area (Å²) in [6, 6.07) is 11.2. The lowest BCUT2D eigenvalue weighted by Gasteiger charge is -2.03. The molecule has 0 fully saturated rings. The predicted molar refractivity (Wildman–Crippen MR) is 85.1 cm³/mol. The highest BCUT2D eigenvalue weighted by molar-refractivity contribution is 7.80. The number of benzene rings is 2. The standard InChI is InChI=1S/C14H14N2S2/c15-11-5-3-9(13(17)7-11)1-2-10-4-6-12(16)8-14(10)18/h1-8,17-18H,15-16H2/b2-1+. The van der Waals surface area contributed by atoms with Crippen molar-refractivity contribution in [3.8, 4) is 0 Å². The van der Waals surface area contributed by atoms with Gasteiger partial charge in [0, 0.05) is 21.2 Å². The van der Waals surface area contributed by atoms with E-state index in [4.69, 9.17) is 11.5 Å². The summed E-state index contributed by atoms with van der Waals surface area (Å²) in [5.41, 5.74) is 14.8. The molecule has 2 aromatic rings. The molecule has 0 spiro atoms. The summed E-state index contributed by atoms with van der Waals surface area (Å²) in [7, 11) is 0. The SMILES string of the molecule is Nc1ccc(/C=C/c2ccc(N)cc2S)c(S)c1. The van der Waals surface area contributed by atoms with Crippen LogP contribution < -0.4 is 11.5 Å². The van der Waals surface area contributed by atoms with Crippen molar-refractivity contribution in [1.29, 1.82) is 0 Å². The number of rotatable bonds is 2. The molecular weight excluding hydrogens is 260 g/mol. The first-order chi connectivity index (χ1) is 8.56. The molecular formula is C14H14N2S2. The van der Waals surface area contributed by atoms with E-state index >= 15 is 0 Å². The zero-order chi connectivity index (χ0) is 13.1. The van der Waals surface area contributed by atoms with Crippen molar-refractivity contribution in [3.05, 3.63) is 47.5 Å². The fraction of sp³-hybridized carbons (Fsp3) is 0. The van der Waals surface area contributed by atoms with Crippen molar-refractivity contribution >= 4 is 48.8 Å². The second-order valence-electron chi connectivity index (χ2n) is 3.97. The molecule has 0 amide bonds. The minimum atomic E-state index is 0.708. The van der Waals surface area contributed by atoms with Crippen LogP contribution in [0.5, 0.6) is 0 Å². The maximum absolute atomic E-state index is 5.68. The highest BCUT2D eigenvalue weighted by Gasteiger charge is 1.98. The van der Waals surface area contributed by atoms with Crippen molar-refractivity contribution in [1.82, 2.24) is 0 Å². The Morgan fingerprint density at radius 1 is 0.722 bits per heavy atom. The van der Waals surface area contributed by atoms with Crippen molar-refractivity contribution in [3.63, 3.8) is 0 Å². The third kappa shape index (κ3) is 3.03. The Balaban J connectivity index is 2.30. The van der Waals surface area contributed by atoms with Crippen molar-refractivity contribution in [2.24, 2.45) is 0 Å². The van der Waals surface area contributed by atoms with Gasteiger partial charge in [-0.05, 0) is 35.4 Å². The highest BCUT2D eigenvalue weighted by Crippen LogP contribution is 2.23. The molecule has 0 bridgehead atoms. The molecule has 4 N–H and O–H groups in total. The van der Waals surface area contributed by atoms with Crippen LogP contribution in [0.3, 0.4) is 0 Å². The Bertz CT molecular complexity index is 553. The molecule has 0 saturated heterocycles. The third-order valence-corrected chi connectivity index (χ3v) is 3.33. The average molecular weight is 274 g/mol. The van der Waals surface area contributed by atoms with Crippen LogP contribution in [0.15, 0.2) is 46.2 Å². The fourth-order valence-electron chi connectivity index (χ4n) is 1.58. The van der Waals surface area contributed by atoms with E-state index in [1.165, 1.54) is 0 Å². The van der Waals surface area contributed by atoms with Gasteiger partial charge >= 0.3 is 0 Å². The van der Waals surface area contributed by atoms with Crippen LogP contribution in [0.4, 0.5) is 11.4 Å². The quantitative estimate of drug-likeness (QED) is 0.384. The zero-order valence-electron chi connectivity index (χ0n) is 9.67. The van der Waals surface area contributed by atoms with Crippen molar-refractivity contribution in [2.45, 2.75) is 9.79 Å². The molecule has 18 heavy (non-hydrogen) atoms. The molecule has 0 unspecified atom stereocenters. The van der Waals surface area contributed by atoms with Gasteiger partial charge < -0.3 is 11.5 Å². The number of thiol groups is 2. The minimum Gasteiger partial charge on any atom is -0.399 e.